The number of thiophene rings is 1. The van der Waals surface area contributed by atoms with E-state index in [1.54, 1.807) is 17.7 Å². The molecule has 3 rings (SSSR count). The van der Waals surface area contributed by atoms with E-state index >= 15 is 0 Å². The van der Waals surface area contributed by atoms with E-state index in [-0.39, 0.29) is 5.91 Å². The zero-order valence-electron chi connectivity index (χ0n) is 13.8. The van der Waals surface area contributed by atoms with E-state index in [1.807, 2.05) is 4.57 Å². The molecule has 0 spiro atoms. The standard InChI is InChI=1S/C17H24N4OS2/c22-16(19-14-6-3-1-2-4-7-14)12-24-17-20-18-13-21(17)10-9-15-8-5-11-23-15/h5,8,11,13-14H,1-4,6-7,9-10,12H2,(H,19,22). The molecule has 1 aliphatic carbocycles. The van der Waals surface area contributed by atoms with Crippen molar-refractivity contribution in [2.45, 2.75) is 62.7 Å². The number of nitrogens with zero attached hydrogens (tertiary/aromatic N) is 3. The largest absolute Gasteiger partial charge is 0.353 e. The summed E-state index contributed by atoms with van der Waals surface area (Å²) in [6, 6.07) is 4.57. The summed E-state index contributed by atoms with van der Waals surface area (Å²) in [6.45, 7) is 0.847. The summed E-state index contributed by atoms with van der Waals surface area (Å²) >= 11 is 3.24. The van der Waals surface area contributed by atoms with Crippen molar-refractivity contribution in [3.05, 3.63) is 28.7 Å². The zero-order chi connectivity index (χ0) is 16.6. The fraction of sp³-hybridized carbons (Fsp3) is 0.588. The number of carbonyl (C=O) groups is 1. The number of nitrogens with one attached hydrogen (secondary N) is 1. The Morgan fingerprint density at radius 1 is 1.33 bits per heavy atom. The molecule has 2 aromatic rings. The first-order chi connectivity index (χ1) is 11.8. The maximum Gasteiger partial charge on any atom is 0.230 e. The minimum Gasteiger partial charge on any atom is -0.353 e. The number of hydrogen-bond acceptors (Lipinski definition) is 5. The molecule has 1 aliphatic rings. The molecule has 1 amide bonds. The van der Waals surface area contributed by atoms with Crippen molar-refractivity contribution >= 4 is 29.0 Å². The molecule has 1 fully saturated rings. The normalized spacial score (nSPS) is 16.0. The van der Waals surface area contributed by atoms with Gasteiger partial charge >= 0.3 is 0 Å². The topological polar surface area (TPSA) is 59.8 Å². The number of aryl methyl sites for hydroxylation is 2. The molecule has 130 valence electrons. The van der Waals surface area contributed by atoms with Crippen LogP contribution in [0, 0.1) is 0 Å². The lowest BCUT2D eigenvalue weighted by molar-refractivity contribution is -0.119. The highest BCUT2D eigenvalue weighted by Crippen LogP contribution is 2.19. The van der Waals surface area contributed by atoms with Gasteiger partial charge in [-0.05, 0) is 30.7 Å². The van der Waals surface area contributed by atoms with E-state index in [0.717, 1.165) is 31.0 Å². The Morgan fingerprint density at radius 2 is 2.17 bits per heavy atom. The summed E-state index contributed by atoms with van der Waals surface area (Å²) in [5, 5.41) is 14.2. The van der Waals surface area contributed by atoms with Gasteiger partial charge in [-0.2, -0.15) is 0 Å². The molecule has 0 saturated heterocycles. The predicted octanol–water partition coefficient (Wildman–Crippen LogP) is 3.51. The molecule has 2 aromatic heterocycles. The van der Waals surface area contributed by atoms with Crippen LogP contribution < -0.4 is 5.32 Å². The Balaban J connectivity index is 1.44. The van der Waals surface area contributed by atoms with E-state index < -0.39 is 0 Å². The first kappa shape index (κ1) is 17.5. The molecular formula is C17H24N4OS2. The molecule has 0 radical (unpaired) electrons. The number of carbonyl (C=O) groups excluding carboxylic acids is 1. The summed E-state index contributed by atoms with van der Waals surface area (Å²) in [4.78, 5) is 13.5. The molecule has 0 aliphatic heterocycles. The fourth-order valence-corrected chi connectivity index (χ4v) is 4.47. The summed E-state index contributed by atoms with van der Waals surface area (Å²) in [6.07, 6.45) is 10.0. The summed E-state index contributed by atoms with van der Waals surface area (Å²) in [5.41, 5.74) is 0. The summed E-state index contributed by atoms with van der Waals surface area (Å²) < 4.78 is 2.03. The van der Waals surface area contributed by atoms with E-state index in [4.69, 9.17) is 0 Å². The van der Waals surface area contributed by atoms with Gasteiger partial charge in [0.25, 0.3) is 0 Å². The third-order valence-corrected chi connectivity index (χ3v) is 6.23. The van der Waals surface area contributed by atoms with Gasteiger partial charge in [0.05, 0.1) is 5.75 Å². The summed E-state index contributed by atoms with van der Waals surface area (Å²) in [5.74, 6) is 0.522. The molecule has 24 heavy (non-hydrogen) atoms. The second-order valence-corrected chi connectivity index (χ2v) is 8.16. The van der Waals surface area contributed by atoms with Crippen molar-refractivity contribution in [1.82, 2.24) is 20.1 Å². The number of rotatable bonds is 7. The van der Waals surface area contributed by atoms with Gasteiger partial charge in [-0.25, -0.2) is 0 Å². The molecule has 2 heterocycles. The SMILES string of the molecule is O=C(CSc1nncn1CCc1cccs1)NC1CCCCCC1. The second-order valence-electron chi connectivity index (χ2n) is 6.18. The van der Waals surface area contributed by atoms with Crippen LogP contribution in [0.2, 0.25) is 0 Å². The molecule has 1 N–H and O–H groups in total. The van der Waals surface area contributed by atoms with Crippen molar-refractivity contribution in [3.63, 3.8) is 0 Å². The Morgan fingerprint density at radius 3 is 2.92 bits per heavy atom. The van der Waals surface area contributed by atoms with Gasteiger partial charge in [0.2, 0.25) is 5.91 Å². The summed E-state index contributed by atoms with van der Waals surface area (Å²) in [7, 11) is 0. The average Bonchev–Trinajstić information content (AvgIpc) is 3.19. The van der Waals surface area contributed by atoms with Gasteiger partial charge in [-0.15, -0.1) is 21.5 Å². The Hall–Kier alpha value is -1.34. The molecule has 0 bridgehead atoms. The third kappa shape index (κ3) is 5.34. The molecule has 1 saturated carbocycles. The van der Waals surface area contributed by atoms with Crippen molar-refractivity contribution in [2.75, 3.05) is 5.75 Å². The van der Waals surface area contributed by atoms with Gasteiger partial charge < -0.3 is 9.88 Å². The maximum absolute atomic E-state index is 12.2. The number of amides is 1. The van der Waals surface area contributed by atoms with Gasteiger partial charge in [0, 0.05) is 17.5 Å². The van der Waals surface area contributed by atoms with E-state index in [1.165, 1.54) is 42.3 Å². The Bertz CT molecular complexity index is 618. The maximum atomic E-state index is 12.2. The molecule has 7 heteroatoms. The van der Waals surface area contributed by atoms with Crippen LogP contribution in [0.5, 0.6) is 0 Å². The van der Waals surface area contributed by atoms with Crippen LogP contribution in [0.25, 0.3) is 0 Å². The first-order valence-electron chi connectivity index (χ1n) is 8.63. The van der Waals surface area contributed by atoms with Crippen LogP contribution >= 0.6 is 23.1 Å². The first-order valence-corrected chi connectivity index (χ1v) is 10.5. The molecular weight excluding hydrogens is 340 g/mol. The van der Waals surface area contributed by atoms with Crippen LogP contribution in [0.3, 0.4) is 0 Å². The van der Waals surface area contributed by atoms with Gasteiger partial charge in [-0.3, -0.25) is 4.79 Å². The quantitative estimate of drug-likeness (QED) is 0.603. The van der Waals surface area contributed by atoms with Crippen LogP contribution in [-0.4, -0.2) is 32.5 Å². The predicted molar refractivity (Wildman–Crippen MR) is 98.4 cm³/mol. The van der Waals surface area contributed by atoms with E-state index in [0.29, 0.717) is 11.8 Å². The van der Waals surface area contributed by atoms with Crippen molar-refractivity contribution in [3.8, 4) is 0 Å². The lowest BCUT2D eigenvalue weighted by Gasteiger charge is -2.15. The Kier molecular flexibility index (Phi) is 6.72. The lowest BCUT2D eigenvalue weighted by atomic mass is 10.1. The highest BCUT2D eigenvalue weighted by molar-refractivity contribution is 7.99. The minimum absolute atomic E-state index is 0.111. The third-order valence-electron chi connectivity index (χ3n) is 4.31. The van der Waals surface area contributed by atoms with Gasteiger partial charge in [0.1, 0.15) is 6.33 Å². The van der Waals surface area contributed by atoms with E-state index in [2.05, 4.69) is 33.0 Å². The van der Waals surface area contributed by atoms with Crippen molar-refractivity contribution in [1.29, 1.82) is 0 Å². The minimum atomic E-state index is 0.111. The van der Waals surface area contributed by atoms with E-state index in [9.17, 15) is 4.79 Å². The zero-order valence-corrected chi connectivity index (χ0v) is 15.5. The van der Waals surface area contributed by atoms with Crippen molar-refractivity contribution < 1.29 is 4.79 Å². The number of hydrogen-bond donors (Lipinski definition) is 1. The van der Waals surface area contributed by atoms with Gasteiger partial charge in [0.15, 0.2) is 5.16 Å². The van der Waals surface area contributed by atoms with Gasteiger partial charge in [-0.1, -0.05) is 43.5 Å². The second kappa shape index (κ2) is 9.22. The monoisotopic (exact) mass is 364 g/mol. The van der Waals surface area contributed by atoms with Crippen LogP contribution in [-0.2, 0) is 17.8 Å². The number of thioether (sulfide) groups is 1. The highest BCUT2D eigenvalue weighted by Gasteiger charge is 2.15. The fourth-order valence-electron chi connectivity index (χ4n) is 3.02. The van der Waals surface area contributed by atoms with Crippen molar-refractivity contribution in [2.24, 2.45) is 0 Å². The lowest BCUT2D eigenvalue weighted by Crippen LogP contribution is -2.35. The van der Waals surface area contributed by atoms with Crippen LogP contribution in [0.15, 0.2) is 29.0 Å². The Labute approximate surface area is 151 Å². The molecule has 0 aromatic carbocycles. The van der Waals surface area contributed by atoms with Crippen LogP contribution in [0.4, 0.5) is 0 Å². The number of aromatic nitrogens is 3. The van der Waals surface area contributed by atoms with Crippen LogP contribution in [0.1, 0.15) is 43.4 Å². The molecule has 0 unspecified atom stereocenters. The average molecular weight is 365 g/mol. The molecule has 0 atom stereocenters. The highest BCUT2D eigenvalue weighted by atomic mass is 32.2. The molecule has 5 nitrogen and oxygen atoms in total. The smallest absolute Gasteiger partial charge is 0.230 e.